The van der Waals surface area contributed by atoms with Crippen molar-refractivity contribution in [2.75, 3.05) is 5.32 Å². The van der Waals surface area contributed by atoms with E-state index in [1.54, 1.807) is 12.1 Å². The third kappa shape index (κ3) is 3.21. The molecular weight excluding hydrogens is 324 g/mol. The first-order valence-electron chi connectivity index (χ1n) is 5.80. The largest absolute Gasteiger partial charge is 0.504 e. The first kappa shape index (κ1) is 14.2. The summed E-state index contributed by atoms with van der Waals surface area (Å²) in [5.41, 5.74) is 6.56. The number of halogens is 1. The van der Waals surface area contributed by atoms with E-state index in [1.807, 2.05) is 12.1 Å². The molecule has 2 rings (SSSR count). The van der Waals surface area contributed by atoms with Gasteiger partial charge >= 0.3 is 0 Å². The lowest BCUT2D eigenvalue weighted by Crippen LogP contribution is -2.27. The van der Waals surface area contributed by atoms with Crippen LogP contribution in [0, 0.1) is 0 Å². The summed E-state index contributed by atoms with van der Waals surface area (Å²) in [5, 5.41) is 21.8. The predicted octanol–water partition coefficient (Wildman–Crippen LogP) is 2.50. The van der Waals surface area contributed by atoms with Crippen LogP contribution in [0.5, 0.6) is 11.5 Å². The molecule has 1 unspecified atom stereocenters. The molecule has 6 heteroatoms. The molecule has 5 N–H and O–H groups in total. The summed E-state index contributed by atoms with van der Waals surface area (Å²) < 4.78 is 0.918. The zero-order chi connectivity index (χ0) is 14.7. The zero-order valence-electron chi connectivity index (χ0n) is 10.4. The van der Waals surface area contributed by atoms with Crippen LogP contribution in [0.1, 0.15) is 11.6 Å². The normalized spacial score (nSPS) is 11.8. The molecule has 0 aliphatic heterocycles. The Bertz CT molecular complexity index is 629. The average Bonchev–Trinajstić information content (AvgIpc) is 2.41. The maximum atomic E-state index is 11.6. The second-order valence-electron chi connectivity index (χ2n) is 4.23. The third-order valence-corrected chi connectivity index (χ3v) is 3.30. The molecule has 0 radical (unpaired) electrons. The molecular formula is C14H13BrN2O3. The molecule has 0 saturated heterocycles. The number of hydrogen-bond donors (Lipinski definition) is 4. The van der Waals surface area contributed by atoms with E-state index in [-0.39, 0.29) is 11.5 Å². The van der Waals surface area contributed by atoms with Crippen LogP contribution in [0.3, 0.4) is 0 Å². The third-order valence-electron chi connectivity index (χ3n) is 2.77. The van der Waals surface area contributed by atoms with Crippen LogP contribution in [-0.4, -0.2) is 16.1 Å². The summed E-state index contributed by atoms with van der Waals surface area (Å²) in [5.74, 6) is -1.13. The number of primary amides is 1. The van der Waals surface area contributed by atoms with Crippen molar-refractivity contribution in [2.24, 2.45) is 5.73 Å². The molecule has 2 aromatic carbocycles. The number of aromatic hydroxyl groups is 2. The molecule has 0 saturated carbocycles. The van der Waals surface area contributed by atoms with Gasteiger partial charge in [0, 0.05) is 10.2 Å². The highest BCUT2D eigenvalue weighted by atomic mass is 79.9. The van der Waals surface area contributed by atoms with E-state index in [2.05, 4.69) is 21.2 Å². The number of nitrogens with one attached hydrogen (secondary N) is 1. The van der Waals surface area contributed by atoms with Gasteiger partial charge in [-0.1, -0.05) is 22.0 Å². The fourth-order valence-electron chi connectivity index (χ4n) is 1.75. The summed E-state index contributed by atoms with van der Waals surface area (Å²) in [7, 11) is 0. The number of amides is 1. The Kier molecular flexibility index (Phi) is 4.14. The number of anilines is 1. The molecule has 0 aliphatic rings. The van der Waals surface area contributed by atoms with Crippen molar-refractivity contribution < 1.29 is 15.0 Å². The van der Waals surface area contributed by atoms with Crippen molar-refractivity contribution in [2.45, 2.75) is 6.04 Å². The molecule has 1 atom stereocenters. The lowest BCUT2D eigenvalue weighted by atomic mass is 10.1. The summed E-state index contributed by atoms with van der Waals surface area (Å²) in [4.78, 5) is 11.6. The lowest BCUT2D eigenvalue weighted by Gasteiger charge is -2.17. The molecule has 2 aromatic rings. The minimum atomic E-state index is -0.803. The summed E-state index contributed by atoms with van der Waals surface area (Å²) in [6.45, 7) is 0. The highest BCUT2D eigenvalue weighted by molar-refractivity contribution is 9.10. The second kappa shape index (κ2) is 5.83. The average molecular weight is 337 g/mol. The Morgan fingerprint density at radius 2 is 1.75 bits per heavy atom. The van der Waals surface area contributed by atoms with E-state index in [1.165, 1.54) is 18.2 Å². The summed E-state index contributed by atoms with van der Waals surface area (Å²) >= 11 is 3.32. The van der Waals surface area contributed by atoms with Crippen LogP contribution in [-0.2, 0) is 4.79 Å². The van der Waals surface area contributed by atoms with E-state index >= 15 is 0 Å². The fourth-order valence-corrected chi connectivity index (χ4v) is 2.02. The topological polar surface area (TPSA) is 95.6 Å². The fraction of sp³-hybridized carbons (Fsp3) is 0.0714. The molecule has 104 valence electrons. The van der Waals surface area contributed by atoms with Gasteiger partial charge in [-0.15, -0.1) is 0 Å². The van der Waals surface area contributed by atoms with Gasteiger partial charge in [0.25, 0.3) is 0 Å². The predicted molar refractivity (Wildman–Crippen MR) is 79.5 cm³/mol. The lowest BCUT2D eigenvalue weighted by molar-refractivity contribution is -0.118. The number of carbonyl (C=O) groups is 1. The second-order valence-corrected chi connectivity index (χ2v) is 5.15. The molecule has 0 aromatic heterocycles. The minimum Gasteiger partial charge on any atom is -0.504 e. The Hall–Kier alpha value is -2.21. The zero-order valence-corrected chi connectivity index (χ0v) is 12.0. The molecule has 0 spiro atoms. The van der Waals surface area contributed by atoms with Gasteiger partial charge in [-0.2, -0.15) is 0 Å². The monoisotopic (exact) mass is 336 g/mol. The van der Waals surface area contributed by atoms with Gasteiger partial charge < -0.3 is 21.3 Å². The number of carbonyl (C=O) groups excluding carboxylic acids is 1. The first-order valence-corrected chi connectivity index (χ1v) is 6.60. The molecule has 0 heterocycles. The van der Waals surface area contributed by atoms with E-state index in [4.69, 9.17) is 5.73 Å². The van der Waals surface area contributed by atoms with E-state index < -0.39 is 11.9 Å². The van der Waals surface area contributed by atoms with Gasteiger partial charge in [-0.05, 0) is 42.0 Å². The summed E-state index contributed by atoms with van der Waals surface area (Å²) in [6.07, 6.45) is 0. The SMILES string of the molecule is NC(=O)C(Nc1ccc(Br)cc1)c1ccc(O)c(O)c1. The van der Waals surface area contributed by atoms with Crippen molar-refractivity contribution in [1.29, 1.82) is 0 Å². The number of hydrogen-bond acceptors (Lipinski definition) is 4. The number of nitrogens with two attached hydrogens (primary N) is 1. The van der Waals surface area contributed by atoms with Crippen LogP contribution in [0.4, 0.5) is 5.69 Å². The smallest absolute Gasteiger partial charge is 0.244 e. The number of rotatable bonds is 4. The maximum absolute atomic E-state index is 11.6. The highest BCUT2D eigenvalue weighted by Crippen LogP contribution is 2.29. The number of phenols is 2. The molecule has 0 bridgehead atoms. The molecule has 0 fully saturated rings. The van der Waals surface area contributed by atoms with Crippen LogP contribution in [0.15, 0.2) is 46.9 Å². The van der Waals surface area contributed by atoms with E-state index in [0.717, 1.165) is 4.47 Å². The Labute approximate surface area is 124 Å². The standard InChI is InChI=1S/C14H13BrN2O3/c15-9-2-4-10(5-3-9)17-13(14(16)20)8-1-6-11(18)12(19)7-8/h1-7,13,17-19H,(H2,16,20). The Morgan fingerprint density at radius 1 is 1.10 bits per heavy atom. The Balaban J connectivity index is 2.29. The van der Waals surface area contributed by atoms with Crippen LogP contribution in [0.2, 0.25) is 0 Å². The number of benzene rings is 2. The van der Waals surface area contributed by atoms with Crippen molar-refractivity contribution in [1.82, 2.24) is 0 Å². The Morgan fingerprint density at radius 3 is 2.30 bits per heavy atom. The van der Waals surface area contributed by atoms with Crippen molar-refractivity contribution in [3.8, 4) is 11.5 Å². The van der Waals surface area contributed by atoms with Crippen molar-refractivity contribution in [3.05, 3.63) is 52.5 Å². The van der Waals surface area contributed by atoms with Gasteiger partial charge in [-0.3, -0.25) is 4.79 Å². The van der Waals surface area contributed by atoms with Gasteiger partial charge in [-0.25, -0.2) is 0 Å². The van der Waals surface area contributed by atoms with Crippen LogP contribution >= 0.6 is 15.9 Å². The minimum absolute atomic E-state index is 0.249. The number of phenolic OH excluding ortho intramolecular Hbond substituents is 2. The van der Waals surface area contributed by atoms with Gasteiger partial charge in [0.05, 0.1) is 0 Å². The van der Waals surface area contributed by atoms with Gasteiger partial charge in [0.1, 0.15) is 6.04 Å². The van der Waals surface area contributed by atoms with Gasteiger partial charge in [0.15, 0.2) is 11.5 Å². The van der Waals surface area contributed by atoms with Gasteiger partial charge in [0.2, 0.25) is 5.91 Å². The molecule has 20 heavy (non-hydrogen) atoms. The highest BCUT2D eigenvalue weighted by Gasteiger charge is 2.18. The van der Waals surface area contributed by atoms with Crippen molar-refractivity contribution >= 4 is 27.5 Å². The van der Waals surface area contributed by atoms with E-state index in [9.17, 15) is 15.0 Å². The van der Waals surface area contributed by atoms with Crippen LogP contribution in [0.25, 0.3) is 0 Å². The molecule has 1 amide bonds. The summed E-state index contributed by atoms with van der Waals surface area (Å²) in [6, 6.07) is 10.6. The van der Waals surface area contributed by atoms with E-state index in [0.29, 0.717) is 11.3 Å². The van der Waals surface area contributed by atoms with Crippen LogP contribution < -0.4 is 11.1 Å². The molecule has 5 nitrogen and oxygen atoms in total. The van der Waals surface area contributed by atoms with Crippen molar-refractivity contribution in [3.63, 3.8) is 0 Å². The molecule has 0 aliphatic carbocycles. The quantitative estimate of drug-likeness (QED) is 0.645. The first-order chi connectivity index (χ1) is 9.47. The maximum Gasteiger partial charge on any atom is 0.244 e.